The maximum Gasteiger partial charge on any atom is 0.123 e. The van der Waals surface area contributed by atoms with Gasteiger partial charge in [-0.1, -0.05) is 12.8 Å². The van der Waals surface area contributed by atoms with E-state index in [2.05, 4.69) is 0 Å². The first kappa shape index (κ1) is 11.3. The average Bonchev–Trinajstić information content (AvgIpc) is 2.73. The van der Waals surface area contributed by atoms with Gasteiger partial charge in [0.2, 0.25) is 0 Å². The summed E-state index contributed by atoms with van der Waals surface area (Å²) in [5.74, 6) is 0.321. The molecule has 0 atom stereocenters. The molecule has 1 saturated carbocycles. The Kier molecular flexibility index (Phi) is 2.80. The van der Waals surface area contributed by atoms with E-state index in [4.69, 9.17) is 5.73 Å². The number of phenolic OH excluding ortho intramolecular Hbond substituents is 2. The van der Waals surface area contributed by atoms with Gasteiger partial charge < -0.3 is 15.9 Å². The van der Waals surface area contributed by atoms with Crippen molar-refractivity contribution in [3.8, 4) is 11.5 Å². The third-order valence-electron chi connectivity index (χ3n) is 3.84. The van der Waals surface area contributed by atoms with Crippen molar-refractivity contribution in [1.29, 1.82) is 0 Å². The fourth-order valence-electron chi connectivity index (χ4n) is 2.75. The zero-order valence-corrected chi connectivity index (χ0v) is 9.66. The molecule has 4 N–H and O–H groups in total. The molecular formula is C13H19NO2. The van der Waals surface area contributed by atoms with Crippen LogP contribution in [0.3, 0.4) is 0 Å². The first-order valence-electron chi connectivity index (χ1n) is 5.82. The van der Waals surface area contributed by atoms with Crippen molar-refractivity contribution in [3.05, 3.63) is 23.3 Å². The van der Waals surface area contributed by atoms with Crippen LogP contribution in [0.2, 0.25) is 0 Å². The van der Waals surface area contributed by atoms with E-state index in [-0.39, 0.29) is 16.9 Å². The highest BCUT2D eigenvalue weighted by molar-refractivity contribution is 5.48. The fraction of sp³-hybridized carbons (Fsp3) is 0.538. The van der Waals surface area contributed by atoms with Gasteiger partial charge >= 0.3 is 0 Å². The molecule has 0 saturated heterocycles. The van der Waals surface area contributed by atoms with Crippen molar-refractivity contribution >= 4 is 0 Å². The number of aryl methyl sites for hydroxylation is 1. The lowest BCUT2D eigenvalue weighted by Gasteiger charge is -2.29. The Morgan fingerprint density at radius 2 is 1.81 bits per heavy atom. The molecule has 3 heteroatoms. The van der Waals surface area contributed by atoms with Gasteiger partial charge in [-0.15, -0.1) is 0 Å². The monoisotopic (exact) mass is 221 g/mol. The molecule has 0 heterocycles. The van der Waals surface area contributed by atoms with E-state index >= 15 is 0 Å². The molecule has 0 unspecified atom stereocenters. The van der Waals surface area contributed by atoms with Crippen molar-refractivity contribution in [2.24, 2.45) is 5.73 Å². The quantitative estimate of drug-likeness (QED) is 0.717. The van der Waals surface area contributed by atoms with Gasteiger partial charge in [-0.3, -0.25) is 0 Å². The van der Waals surface area contributed by atoms with Crippen molar-refractivity contribution < 1.29 is 10.2 Å². The van der Waals surface area contributed by atoms with Crippen LogP contribution in [0, 0.1) is 6.92 Å². The SMILES string of the molecule is Cc1cc(C2(CN)CCCC2)c(O)cc1O. The Hall–Kier alpha value is -1.22. The average molecular weight is 221 g/mol. The zero-order valence-electron chi connectivity index (χ0n) is 9.66. The number of phenols is 2. The van der Waals surface area contributed by atoms with Gasteiger partial charge in [0, 0.05) is 23.6 Å². The van der Waals surface area contributed by atoms with E-state index in [0.29, 0.717) is 6.54 Å². The second kappa shape index (κ2) is 3.98. The Bertz CT molecular complexity index is 395. The molecular weight excluding hydrogens is 202 g/mol. The minimum atomic E-state index is -0.0808. The third-order valence-corrected chi connectivity index (χ3v) is 3.84. The lowest BCUT2D eigenvalue weighted by Crippen LogP contribution is -2.32. The summed E-state index contributed by atoms with van der Waals surface area (Å²) in [6.45, 7) is 2.40. The summed E-state index contributed by atoms with van der Waals surface area (Å²) in [5.41, 5.74) is 7.51. The largest absolute Gasteiger partial charge is 0.508 e. The van der Waals surface area contributed by atoms with Gasteiger partial charge in [0.15, 0.2) is 0 Å². The summed E-state index contributed by atoms with van der Waals surface area (Å²) >= 11 is 0. The first-order valence-corrected chi connectivity index (χ1v) is 5.82. The molecule has 0 amide bonds. The lowest BCUT2D eigenvalue weighted by molar-refractivity contribution is 0.398. The number of nitrogens with two attached hydrogens (primary N) is 1. The molecule has 0 aliphatic heterocycles. The molecule has 0 bridgehead atoms. The molecule has 88 valence electrons. The molecule has 1 aromatic carbocycles. The van der Waals surface area contributed by atoms with Crippen LogP contribution in [0.4, 0.5) is 0 Å². The highest BCUT2D eigenvalue weighted by Crippen LogP contribution is 2.45. The second-order valence-electron chi connectivity index (χ2n) is 4.85. The van der Waals surface area contributed by atoms with Crippen LogP contribution in [-0.2, 0) is 5.41 Å². The van der Waals surface area contributed by atoms with Gasteiger partial charge in [-0.25, -0.2) is 0 Å². The highest BCUT2D eigenvalue weighted by atomic mass is 16.3. The molecule has 0 aromatic heterocycles. The van der Waals surface area contributed by atoms with Gasteiger partial charge in [0.1, 0.15) is 11.5 Å². The zero-order chi connectivity index (χ0) is 11.8. The Balaban J connectivity index is 2.50. The minimum Gasteiger partial charge on any atom is -0.508 e. The number of hydrogen-bond donors (Lipinski definition) is 3. The molecule has 3 nitrogen and oxygen atoms in total. The summed E-state index contributed by atoms with van der Waals surface area (Å²) in [6.07, 6.45) is 4.38. The van der Waals surface area contributed by atoms with Crippen LogP contribution in [0.25, 0.3) is 0 Å². The Morgan fingerprint density at radius 3 is 2.38 bits per heavy atom. The van der Waals surface area contributed by atoms with Crippen LogP contribution in [0.1, 0.15) is 36.8 Å². The summed E-state index contributed by atoms with van der Waals surface area (Å²) in [4.78, 5) is 0. The fourth-order valence-corrected chi connectivity index (χ4v) is 2.75. The van der Waals surface area contributed by atoms with Crippen LogP contribution >= 0.6 is 0 Å². The maximum atomic E-state index is 9.96. The molecule has 1 aliphatic rings. The number of rotatable bonds is 2. The number of hydrogen-bond acceptors (Lipinski definition) is 3. The molecule has 16 heavy (non-hydrogen) atoms. The van der Waals surface area contributed by atoms with Crippen molar-refractivity contribution in [3.63, 3.8) is 0 Å². The van der Waals surface area contributed by atoms with Gasteiger partial charge in [0.05, 0.1) is 0 Å². The molecule has 1 aliphatic carbocycles. The van der Waals surface area contributed by atoms with E-state index in [9.17, 15) is 10.2 Å². The van der Waals surface area contributed by atoms with Gasteiger partial charge in [-0.05, 0) is 31.4 Å². The lowest BCUT2D eigenvalue weighted by atomic mass is 9.78. The predicted octanol–water partition coefficient (Wildman–Crippen LogP) is 2.18. The standard InChI is InChI=1S/C13H19NO2/c1-9-6-10(12(16)7-11(9)15)13(8-14)4-2-3-5-13/h6-7,15-16H,2-5,8,14H2,1H3. The maximum absolute atomic E-state index is 9.96. The van der Waals surface area contributed by atoms with E-state index in [1.54, 1.807) is 0 Å². The van der Waals surface area contributed by atoms with E-state index in [0.717, 1.165) is 36.8 Å². The third kappa shape index (κ3) is 1.65. The van der Waals surface area contributed by atoms with E-state index in [1.807, 2.05) is 13.0 Å². The minimum absolute atomic E-state index is 0.0808. The highest BCUT2D eigenvalue weighted by Gasteiger charge is 2.36. The van der Waals surface area contributed by atoms with Crippen LogP contribution in [0.5, 0.6) is 11.5 Å². The second-order valence-corrected chi connectivity index (χ2v) is 4.85. The molecule has 2 rings (SSSR count). The van der Waals surface area contributed by atoms with E-state index in [1.165, 1.54) is 6.07 Å². The topological polar surface area (TPSA) is 66.5 Å². The Morgan fingerprint density at radius 1 is 1.19 bits per heavy atom. The van der Waals surface area contributed by atoms with Crippen molar-refractivity contribution in [2.75, 3.05) is 6.54 Å². The summed E-state index contributed by atoms with van der Waals surface area (Å²) in [7, 11) is 0. The molecule has 0 spiro atoms. The van der Waals surface area contributed by atoms with Crippen molar-refractivity contribution in [1.82, 2.24) is 0 Å². The Labute approximate surface area is 95.9 Å². The molecule has 1 aromatic rings. The van der Waals surface area contributed by atoms with Crippen LogP contribution < -0.4 is 5.73 Å². The number of aromatic hydroxyl groups is 2. The predicted molar refractivity (Wildman–Crippen MR) is 63.7 cm³/mol. The molecule has 0 radical (unpaired) electrons. The number of benzene rings is 1. The van der Waals surface area contributed by atoms with Crippen molar-refractivity contribution in [2.45, 2.75) is 38.0 Å². The van der Waals surface area contributed by atoms with Crippen LogP contribution in [-0.4, -0.2) is 16.8 Å². The summed E-state index contributed by atoms with van der Waals surface area (Å²) in [5, 5.41) is 19.5. The molecule has 1 fully saturated rings. The summed E-state index contributed by atoms with van der Waals surface area (Å²) in [6, 6.07) is 3.31. The summed E-state index contributed by atoms with van der Waals surface area (Å²) < 4.78 is 0. The van der Waals surface area contributed by atoms with Gasteiger partial charge in [-0.2, -0.15) is 0 Å². The van der Waals surface area contributed by atoms with E-state index < -0.39 is 0 Å². The smallest absolute Gasteiger partial charge is 0.123 e. The van der Waals surface area contributed by atoms with Gasteiger partial charge in [0.25, 0.3) is 0 Å². The normalized spacial score (nSPS) is 18.9. The first-order chi connectivity index (χ1) is 7.59. The van der Waals surface area contributed by atoms with Crippen LogP contribution in [0.15, 0.2) is 12.1 Å².